The molecule has 1 aromatic heterocycles. The first-order valence-electron chi connectivity index (χ1n) is 7.41. The smallest absolute Gasteiger partial charge is 0.258 e. The van der Waals surface area contributed by atoms with Gasteiger partial charge in [0.25, 0.3) is 11.8 Å². The maximum Gasteiger partial charge on any atom is 0.258 e. The molecule has 1 heterocycles. The quantitative estimate of drug-likeness (QED) is 0.755. The zero-order chi connectivity index (χ0) is 17.1. The van der Waals surface area contributed by atoms with Gasteiger partial charge in [0.15, 0.2) is 6.61 Å². The third-order valence-electron chi connectivity index (χ3n) is 3.71. The van der Waals surface area contributed by atoms with Crippen molar-refractivity contribution in [2.75, 3.05) is 18.6 Å². The van der Waals surface area contributed by atoms with Gasteiger partial charge in [-0.1, -0.05) is 6.07 Å². The molecule has 0 saturated heterocycles. The number of amides is 2. The van der Waals surface area contributed by atoms with Crippen molar-refractivity contribution >= 4 is 28.4 Å². The highest BCUT2D eigenvalue weighted by atomic mass is 16.5. The predicted octanol–water partition coefficient (Wildman–Crippen LogP) is 2.31. The van der Waals surface area contributed by atoms with Crippen LogP contribution in [0.25, 0.3) is 10.9 Å². The summed E-state index contributed by atoms with van der Waals surface area (Å²) in [5.74, 6) is -0.197. The van der Waals surface area contributed by atoms with Crippen molar-refractivity contribution < 1.29 is 14.3 Å². The minimum atomic E-state index is -0.547. The molecular weight excluding hydrogens is 306 g/mol. The number of fused-ring (bicyclic) bond motifs is 1. The van der Waals surface area contributed by atoms with Gasteiger partial charge in [-0.2, -0.15) is 0 Å². The number of rotatable bonds is 5. The number of ether oxygens (including phenoxy) is 1. The number of aromatic amines is 1. The van der Waals surface area contributed by atoms with E-state index in [1.165, 1.54) is 0 Å². The number of carbonyl (C=O) groups is 2. The van der Waals surface area contributed by atoms with Gasteiger partial charge in [0.2, 0.25) is 0 Å². The monoisotopic (exact) mass is 323 g/mol. The standard InChI is InChI=1S/C18H17N3O3/c1-21(14-5-2-12-8-9-20-16(12)10-14)18(23)13-3-6-15(7-4-13)24-11-17(19)22/h2-10,20H,11H2,1H3,(H2,19,22). The van der Waals surface area contributed by atoms with E-state index in [-0.39, 0.29) is 12.5 Å². The Hall–Kier alpha value is -3.28. The number of benzene rings is 2. The Balaban J connectivity index is 1.76. The van der Waals surface area contributed by atoms with Crippen LogP contribution in [0, 0.1) is 0 Å². The second-order valence-corrected chi connectivity index (χ2v) is 5.39. The first-order valence-corrected chi connectivity index (χ1v) is 7.41. The topological polar surface area (TPSA) is 88.4 Å². The van der Waals surface area contributed by atoms with Crippen LogP contribution in [0.4, 0.5) is 5.69 Å². The van der Waals surface area contributed by atoms with Crippen molar-refractivity contribution in [1.29, 1.82) is 0 Å². The Labute approximate surface area is 138 Å². The van der Waals surface area contributed by atoms with Gasteiger partial charge in [0.05, 0.1) is 0 Å². The Morgan fingerprint density at radius 2 is 1.88 bits per heavy atom. The molecule has 0 unspecified atom stereocenters. The SMILES string of the molecule is CN(C(=O)c1ccc(OCC(N)=O)cc1)c1ccc2cc[nH]c2c1. The number of hydrogen-bond donors (Lipinski definition) is 2. The summed E-state index contributed by atoms with van der Waals surface area (Å²) in [4.78, 5) is 28.0. The fourth-order valence-electron chi connectivity index (χ4n) is 2.40. The number of primary amides is 1. The average Bonchev–Trinajstić information content (AvgIpc) is 3.06. The number of hydrogen-bond acceptors (Lipinski definition) is 3. The molecular formula is C18H17N3O3. The molecule has 6 heteroatoms. The molecule has 0 atom stereocenters. The average molecular weight is 323 g/mol. The van der Waals surface area contributed by atoms with Crippen LogP contribution in [0.3, 0.4) is 0 Å². The zero-order valence-electron chi connectivity index (χ0n) is 13.2. The normalized spacial score (nSPS) is 10.5. The van der Waals surface area contributed by atoms with Gasteiger partial charge in [0, 0.05) is 30.0 Å². The number of nitrogens with one attached hydrogen (secondary N) is 1. The van der Waals surface area contributed by atoms with Gasteiger partial charge in [-0.15, -0.1) is 0 Å². The molecule has 0 aliphatic heterocycles. The summed E-state index contributed by atoms with van der Waals surface area (Å²) in [6.07, 6.45) is 1.86. The van der Waals surface area contributed by atoms with E-state index in [4.69, 9.17) is 10.5 Å². The molecule has 0 bridgehead atoms. The highest BCUT2D eigenvalue weighted by Gasteiger charge is 2.14. The van der Waals surface area contributed by atoms with Crippen molar-refractivity contribution in [2.45, 2.75) is 0 Å². The molecule has 0 radical (unpaired) electrons. The van der Waals surface area contributed by atoms with Crippen molar-refractivity contribution in [2.24, 2.45) is 5.73 Å². The van der Waals surface area contributed by atoms with E-state index in [0.717, 1.165) is 16.6 Å². The molecule has 0 saturated carbocycles. The molecule has 24 heavy (non-hydrogen) atoms. The molecule has 0 spiro atoms. The highest BCUT2D eigenvalue weighted by molar-refractivity contribution is 6.06. The van der Waals surface area contributed by atoms with E-state index < -0.39 is 5.91 Å². The summed E-state index contributed by atoms with van der Waals surface area (Å²) < 4.78 is 5.18. The van der Waals surface area contributed by atoms with Crippen LogP contribution in [-0.2, 0) is 4.79 Å². The van der Waals surface area contributed by atoms with Gasteiger partial charge in [0.1, 0.15) is 5.75 Å². The predicted molar refractivity (Wildman–Crippen MR) is 92.2 cm³/mol. The van der Waals surface area contributed by atoms with Gasteiger partial charge in [-0.05, 0) is 47.9 Å². The van der Waals surface area contributed by atoms with Crippen LogP contribution >= 0.6 is 0 Å². The third kappa shape index (κ3) is 3.22. The lowest BCUT2D eigenvalue weighted by Gasteiger charge is -2.17. The molecule has 0 aliphatic rings. The van der Waals surface area contributed by atoms with E-state index in [2.05, 4.69) is 4.98 Å². The molecule has 3 N–H and O–H groups in total. The van der Waals surface area contributed by atoms with E-state index in [0.29, 0.717) is 11.3 Å². The van der Waals surface area contributed by atoms with Gasteiger partial charge < -0.3 is 20.4 Å². The Kier molecular flexibility index (Phi) is 4.20. The summed E-state index contributed by atoms with van der Waals surface area (Å²) in [6.45, 7) is -0.191. The highest BCUT2D eigenvalue weighted by Crippen LogP contribution is 2.22. The Morgan fingerprint density at radius 1 is 1.12 bits per heavy atom. The van der Waals surface area contributed by atoms with Crippen LogP contribution in [0.5, 0.6) is 5.75 Å². The van der Waals surface area contributed by atoms with Crippen LogP contribution in [0.15, 0.2) is 54.7 Å². The molecule has 0 fully saturated rings. The molecule has 3 rings (SSSR count). The number of anilines is 1. The Morgan fingerprint density at radius 3 is 2.58 bits per heavy atom. The second kappa shape index (κ2) is 6.45. The number of H-pyrrole nitrogens is 1. The van der Waals surface area contributed by atoms with E-state index in [1.54, 1.807) is 36.2 Å². The van der Waals surface area contributed by atoms with Crippen LogP contribution in [-0.4, -0.2) is 30.5 Å². The van der Waals surface area contributed by atoms with E-state index in [1.807, 2.05) is 30.5 Å². The van der Waals surface area contributed by atoms with Gasteiger partial charge in [-0.3, -0.25) is 9.59 Å². The third-order valence-corrected chi connectivity index (χ3v) is 3.71. The molecule has 2 amide bonds. The fourth-order valence-corrected chi connectivity index (χ4v) is 2.40. The van der Waals surface area contributed by atoms with E-state index >= 15 is 0 Å². The summed E-state index contributed by atoms with van der Waals surface area (Å²) in [7, 11) is 1.73. The fraction of sp³-hybridized carbons (Fsp3) is 0.111. The van der Waals surface area contributed by atoms with Crippen molar-refractivity contribution in [3.05, 3.63) is 60.3 Å². The second-order valence-electron chi connectivity index (χ2n) is 5.39. The largest absolute Gasteiger partial charge is 0.484 e. The maximum atomic E-state index is 12.6. The van der Waals surface area contributed by atoms with Crippen LogP contribution in [0.1, 0.15) is 10.4 Å². The van der Waals surface area contributed by atoms with E-state index in [9.17, 15) is 9.59 Å². The first kappa shape index (κ1) is 15.6. The lowest BCUT2D eigenvalue weighted by Crippen LogP contribution is -2.26. The zero-order valence-corrected chi connectivity index (χ0v) is 13.2. The minimum absolute atomic E-state index is 0.137. The Bertz CT molecular complexity index is 884. The van der Waals surface area contributed by atoms with Crippen LogP contribution in [0.2, 0.25) is 0 Å². The molecule has 6 nitrogen and oxygen atoms in total. The van der Waals surface area contributed by atoms with Crippen molar-refractivity contribution in [3.8, 4) is 5.75 Å². The van der Waals surface area contributed by atoms with Crippen molar-refractivity contribution in [3.63, 3.8) is 0 Å². The van der Waals surface area contributed by atoms with Gasteiger partial charge in [-0.25, -0.2) is 0 Å². The number of carbonyl (C=O) groups excluding carboxylic acids is 2. The number of nitrogens with zero attached hydrogens (tertiary/aromatic N) is 1. The maximum absolute atomic E-state index is 12.6. The summed E-state index contributed by atoms with van der Waals surface area (Å²) in [6, 6.07) is 14.4. The van der Waals surface area contributed by atoms with Crippen LogP contribution < -0.4 is 15.4 Å². The number of nitrogens with two attached hydrogens (primary N) is 1. The van der Waals surface area contributed by atoms with Crippen molar-refractivity contribution in [1.82, 2.24) is 4.98 Å². The lowest BCUT2D eigenvalue weighted by atomic mass is 10.1. The molecule has 122 valence electrons. The van der Waals surface area contributed by atoms with Gasteiger partial charge >= 0.3 is 0 Å². The number of aromatic nitrogens is 1. The first-order chi connectivity index (χ1) is 11.5. The summed E-state index contributed by atoms with van der Waals surface area (Å²) in [5.41, 5.74) is 7.32. The minimum Gasteiger partial charge on any atom is -0.484 e. The molecule has 3 aromatic rings. The summed E-state index contributed by atoms with van der Waals surface area (Å²) >= 11 is 0. The summed E-state index contributed by atoms with van der Waals surface area (Å²) in [5, 5.41) is 1.09. The lowest BCUT2D eigenvalue weighted by molar-refractivity contribution is -0.119. The molecule has 2 aromatic carbocycles. The molecule has 0 aliphatic carbocycles.